The van der Waals surface area contributed by atoms with E-state index < -0.39 is 0 Å². The summed E-state index contributed by atoms with van der Waals surface area (Å²) >= 11 is 0. The van der Waals surface area contributed by atoms with Crippen LogP contribution in [0.1, 0.15) is 32.9 Å². The van der Waals surface area contributed by atoms with Crippen molar-refractivity contribution in [1.29, 1.82) is 0 Å². The van der Waals surface area contributed by atoms with Crippen molar-refractivity contribution in [2.24, 2.45) is 12.5 Å². The monoisotopic (exact) mass is 225 g/mol. The fourth-order valence-electron chi connectivity index (χ4n) is 1.75. The van der Waals surface area contributed by atoms with Crippen molar-refractivity contribution in [3.8, 4) is 0 Å². The Morgan fingerprint density at radius 1 is 1.50 bits per heavy atom. The molecular weight excluding hydrogens is 202 g/mol. The van der Waals surface area contributed by atoms with Gasteiger partial charge in [-0.25, -0.2) is 0 Å². The van der Waals surface area contributed by atoms with E-state index >= 15 is 0 Å². The van der Waals surface area contributed by atoms with Crippen molar-refractivity contribution in [1.82, 2.24) is 15.1 Å². The number of aliphatic hydroxyl groups is 1. The number of nitrogens with zero attached hydrogens (tertiary/aromatic N) is 2. The van der Waals surface area contributed by atoms with Crippen LogP contribution in [0.15, 0.2) is 12.3 Å². The van der Waals surface area contributed by atoms with Gasteiger partial charge in [-0.15, -0.1) is 0 Å². The Kier molecular flexibility index (Phi) is 4.50. The molecule has 4 nitrogen and oxygen atoms in total. The first-order valence-corrected chi connectivity index (χ1v) is 5.73. The molecule has 1 heterocycles. The van der Waals surface area contributed by atoms with Crippen LogP contribution in [-0.4, -0.2) is 27.5 Å². The van der Waals surface area contributed by atoms with E-state index in [1.165, 1.54) is 0 Å². The number of aliphatic hydroxyl groups excluding tert-OH is 1. The number of rotatable bonds is 5. The highest BCUT2D eigenvalue weighted by atomic mass is 16.3. The molecule has 0 bridgehead atoms. The fraction of sp³-hybridized carbons (Fsp3) is 0.750. The average Bonchev–Trinajstić information content (AvgIpc) is 2.57. The van der Waals surface area contributed by atoms with Crippen molar-refractivity contribution in [2.45, 2.75) is 39.8 Å². The summed E-state index contributed by atoms with van der Waals surface area (Å²) in [5, 5.41) is 16.9. The molecular formula is C12H23N3O. The van der Waals surface area contributed by atoms with Crippen LogP contribution < -0.4 is 5.32 Å². The topological polar surface area (TPSA) is 50.1 Å². The summed E-state index contributed by atoms with van der Waals surface area (Å²) in [6.07, 6.45) is 2.88. The van der Waals surface area contributed by atoms with Gasteiger partial charge in [-0.1, -0.05) is 20.8 Å². The lowest BCUT2D eigenvalue weighted by Gasteiger charge is -2.25. The Morgan fingerprint density at radius 2 is 2.19 bits per heavy atom. The third kappa shape index (κ3) is 4.77. The third-order valence-electron chi connectivity index (χ3n) is 2.42. The van der Waals surface area contributed by atoms with E-state index in [4.69, 9.17) is 0 Å². The van der Waals surface area contributed by atoms with E-state index in [9.17, 15) is 5.11 Å². The van der Waals surface area contributed by atoms with Gasteiger partial charge in [0.25, 0.3) is 0 Å². The molecule has 1 unspecified atom stereocenters. The minimum Gasteiger partial charge on any atom is -0.395 e. The van der Waals surface area contributed by atoms with Gasteiger partial charge in [-0.2, -0.15) is 5.10 Å². The molecule has 16 heavy (non-hydrogen) atoms. The summed E-state index contributed by atoms with van der Waals surface area (Å²) in [4.78, 5) is 0. The molecule has 0 fully saturated rings. The molecule has 1 aromatic rings. The zero-order valence-corrected chi connectivity index (χ0v) is 10.7. The van der Waals surface area contributed by atoms with Gasteiger partial charge in [-0.05, 0) is 17.9 Å². The van der Waals surface area contributed by atoms with Gasteiger partial charge in [0.05, 0.1) is 12.3 Å². The smallest absolute Gasteiger partial charge is 0.0762 e. The number of nitrogens with one attached hydrogen (secondary N) is 1. The molecule has 1 aromatic heterocycles. The molecule has 0 saturated carbocycles. The van der Waals surface area contributed by atoms with Gasteiger partial charge in [0.1, 0.15) is 0 Å². The van der Waals surface area contributed by atoms with E-state index in [0.29, 0.717) is 6.54 Å². The second-order valence-electron chi connectivity index (χ2n) is 5.51. The Labute approximate surface area is 97.7 Å². The molecule has 0 spiro atoms. The molecule has 0 aliphatic heterocycles. The lowest BCUT2D eigenvalue weighted by atomic mass is 9.88. The lowest BCUT2D eigenvalue weighted by molar-refractivity contribution is 0.197. The molecule has 2 N–H and O–H groups in total. The predicted molar refractivity (Wildman–Crippen MR) is 65.0 cm³/mol. The van der Waals surface area contributed by atoms with E-state index in [1.807, 2.05) is 19.3 Å². The van der Waals surface area contributed by atoms with Crippen LogP contribution in [0.25, 0.3) is 0 Å². The van der Waals surface area contributed by atoms with Crippen LogP contribution in [0.3, 0.4) is 0 Å². The lowest BCUT2D eigenvalue weighted by Crippen LogP contribution is -2.35. The van der Waals surface area contributed by atoms with Crippen molar-refractivity contribution >= 4 is 0 Å². The Bertz CT molecular complexity index is 314. The summed E-state index contributed by atoms with van der Waals surface area (Å²) in [7, 11) is 1.90. The maximum Gasteiger partial charge on any atom is 0.0762 e. The van der Waals surface area contributed by atoms with E-state index in [-0.39, 0.29) is 18.1 Å². The van der Waals surface area contributed by atoms with Crippen molar-refractivity contribution in [3.05, 3.63) is 18.0 Å². The molecule has 0 aromatic carbocycles. The molecule has 0 aliphatic rings. The normalized spacial score (nSPS) is 14.1. The number of hydrogen-bond acceptors (Lipinski definition) is 3. The second kappa shape index (κ2) is 5.46. The van der Waals surface area contributed by atoms with Gasteiger partial charge in [0.15, 0.2) is 0 Å². The molecule has 0 aliphatic carbocycles. The SMILES string of the molecule is Cn1ccc(CNC(CO)CC(C)(C)C)n1. The van der Waals surface area contributed by atoms with Crippen LogP contribution in [0.5, 0.6) is 0 Å². The second-order valence-corrected chi connectivity index (χ2v) is 5.51. The van der Waals surface area contributed by atoms with E-state index in [0.717, 1.165) is 12.1 Å². The first-order chi connectivity index (χ1) is 7.40. The average molecular weight is 225 g/mol. The summed E-state index contributed by atoms with van der Waals surface area (Å²) in [5.74, 6) is 0. The predicted octanol–water partition coefficient (Wildman–Crippen LogP) is 1.31. The van der Waals surface area contributed by atoms with Crippen LogP contribution in [-0.2, 0) is 13.6 Å². The summed E-state index contributed by atoms with van der Waals surface area (Å²) in [6, 6.07) is 2.13. The maximum absolute atomic E-state index is 9.28. The van der Waals surface area contributed by atoms with Crippen LogP contribution in [0.2, 0.25) is 0 Å². The molecule has 0 saturated heterocycles. The fourth-order valence-corrected chi connectivity index (χ4v) is 1.75. The summed E-state index contributed by atoms with van der Waals surface area (Å²) in [5.41, 5.74) is 1.24. The molecule has 1 rings (SSSR count). The van der Waals surface area contributed by atoms with Gasteiger partial charge in [-0.3, -0.25) is 4.68 Å². The summed E-state index contributed by atoms with van der Waals surface area (Å²) in [6.45, 7) is 7.42. The van der Waals surface area contributed by atoms with Crippen molar-refractivity contribution in [3.63, 3.8) is 0 Å². The highest BCUT2D eigenvalue weighted by Gasteiger charge is 2.17. The largest absolute Gasteiger partial charge is 0.395 e. The Balaban J connectivity index is 2.40. The zero-order valence-electron chi connectivity index (χ0n) is 10.7. The van der Waals surface area contributed by atoms with Crippen LogP contribution >= 0.6 is 0 Å². The zero-order chi connectivity index (χ0) is 12.2. The first kappa shape index (κ1) is 13.2. The number of hydrogen-bond donors (Lipinski definition) is 2. The van der Waals surface area contributed by atoms with Crippen LogP contribution in [0.4, 0.5) is 0 Å². The van der Waals surface area contributed by atoms with Crippen molar-refractivity contribution < 1.29 is 5.11 Å². The molecule has 0 amide bonds. The van der Waals surface area contributed by atoms with Gasteiger partial charge >= 0.3 is 0 Å². The number of aryl methyl sites for hydroxylation is 1. The van der Waals surface area contributed by atoms with E-state index in [1.54, 1.807) is 4.68 Å². The van der Waals surface area contributed by atoms with Crippen LogP contribution in [0, 0.1) is 5.41 Å². The number of aromatic nitrogens is 2. The van der Waals surface area contributed by atoms with Crippen molar-refractivity contribution in [2.75, 3.05) is 6.61 Å². The Morgan fingerprint density at radius 3 is 2.62 bits per heavy atom. The molecule has 4 heteroatoms. The Hall–Kier alpha value is -0.870. The molecule has 0 radical (unpaired) electrons. The summed E-state index contributed by atoms with van der Waals surface area (Å²) < 4.78 is 1.79. The van der Waals surface area contributed by atoms with Gasteiger partial charge < -0.3 is 10.4 Å². The molecule has 1 atom stereocenters. The molecule has 92 valence electrons. The van der Waals surface area contributed by atoms with Gasteiger partial charge in [0, 0.05) is 25.8 Å². The van der Waals surface area contributed by atoms with Gasteiger partial charge in [0.2, 0.25) is 0 Å². The highest BCUT2D eigenvalue weighted by molar-refractivity contribution is 4.98. The first-order valence-electron chi connectivity index (χ1n) is 5.73. The van der Waals surface area contributed by atoms with E-state index in [2.05, 4.69) is 31.2 Å². The standard InChI is InChI=1S/C12H23N3O/c1-12(2,3)7-11(9-16)13-8-10-5-6-15(4)14-10/h5-6,11,13,16H,7-9H2,1-4H3. The third-order valence-corrected chi connectivity index (χ3v) is 2.42. The minimum atomic E-state index is 0.141. The maximum atomic E-state index is 9.28. The minimum absolute atomic E-state index is 0.141. The highest BCUT2D eigenvalue weighted by Crippen LogP contribution is 2.20. The quantitative estimate of drug-likeness (QED) is 0.794.